The molecular weight excluding hydrogens is 554 g/mol. The Balaban J connectivity index is 3.49. The summed E-state index contributed by atoms with van der Waals surface area (Å²) in [6, 6.07) is 2.55. The van der Waals surface area contributed by atoms with E-state index in [1.165, 1.54) is 0 Å². The van der Waals surface area contributed by atoms with Crippen LogP contribution in [0.1, 0.15) is 17.3 Å². The first-order chi connectivity index (χ1) is 15.7. The van der Waals surface area contributed by atoms with Gasteiger partial charge in [0.15, 0.2) is 5.78 Å². The van der Waals surface area contributed by atoms with E-state index in [1.54, 1.807) is 0 Å². The van der Waals surface area contributed by atoms with Crippen molar-refractivity contribution in [3.8, 4) is 0 Å². The van der Waals surface area contributed by atoms with Crippen molar-refractivity contribution in [1.29, 1.82) is 0 Å². The van der Waals surface area contributed by atoms with Crippen LogP contribution >= 0.6 is 0 Å². The van der Waals surface area contributed by atoms with Gasteiger partial charge in [-0.2, -0.15) is 61.5 Å². The molecule has 0 heterocycles. The van der Waals surface area contributed by atoms with Crippen LogP contribution in [0, 0.1) is 0 Å². The molecule has 1 N–H and O–H groups in total. The molecule has 0 bridgehead atoms. The van der Waals surface area contributed by atoms with E-state index in [9.17, 15) is 79.8 Å². The van der Waals surface area contributed by atoms with Crippen molar-refractivity contribution in [2.75, 3.05) is 5.32 Å². The summed E-state index contributed by atoms with van der Waals surface area (Å²) in [7, 11) is 0. The smallest absolute Gasteiger partial charge is 0.321 e. The third-order valence-corrected chi connectivity index (χ3v) is 4.50. The Morgan fingerprint density at radius 2 is 1.00 bits per heavy atom. The Hall–Kier alpha value is -2.76. The van der Waals surface area contributed by atoms with Crippen molar-refractivity contribution in [3.63, 3.8) is 0 Å². The summed E-state index contributed by atoms with van der Waals surface area (Å²) in [6.07, 6.45) is -5.94. The van der Waals surface area contributed by atoms with Gasteiger partial charge < -0.3 is 5.32 Å². The summed E-state index contributed by atoms with van der Waals surface area (Å²) in [5.74, 6) is -60.7. The van der Waals surface area contributed by atoms with Crippen molar-refractivity contribution in [3.05, 3.63) is 29.8 Å². The molecule has 206 valence electrons. The number of benzene rings is 1. The second-order valence-electron chi connectivity index (χ2n) is 6.96. The quantitative estimate of drug-likeness (QED) is 0.260. The molecule has 1 aromatic rings. The number of carbonyl (C=O) groups excluding carboxylic acids is 2. The average molecular weight is 563 g/mol. The first-order valence-electron chi connectivity index (χ1n) is 8.60. The summed E-state index contributed by atoms with van der Waals surface area (Å²) >= 11 is 0. The van der Waals surface area contributed by atoms with Gasteiger partial charge in [-0.05, 0) is 31.2 Å². The number of rotatable bonds is 10. The van der Waals surface area contributed by atoms with Crippen LogP contribution < -0.4 is 5.32 Å². The molecule has 1 amide bonds. The van der Waals surface area contributed by atoms with Crippen molar-refractivity contribution in [2.24, 2.45) is 0 Å². The van der Waals surface area contributed by atoms with Gasteiger partial charge in [0.2, 0.25) is 0 Å². The van der Waals surface area contributed by atoms with Gasteiger partial charge >= 0.3 is 53.8 Å². The lowest BCUT2D eigenvalue weighted by Crippen LogP contribution is -2.74. The number of anilines is 1. The summed E-state index contributed by atoms with van der Waals surface area (Å²) in [4.78, 5) is 22.5. The molecule has 1 aromatic carbocycles. The minimum absolute atomic E-state index is 0.181. The molecular formula is C17H9F16NO2. The van der Waals surface area contributed by atoms with Crippen molar-refractivity contribution < 1.29 is 79.8 Å². The van der Waals surface area contributed by atoms with Crippen LogP contribution in [0.15, 0.2) is 24.3 Å². The van der Waals surface area contributed by atoms with Crippen molar-refractivity contribution in [1.82, 2.24) is 0 Å². The maximum absolute atomic E-state index is 13.8. The molecule has 0 aliphatic carbocycles. The van der Waals surface area contributed by atoms with Crippen LogP contribution in [-0.4, -0.2) is 59.6 Å². The van der Waals surface area contributed by atoms with E-state index >= 15 is 0 Å². The number of Topliss-reactive ketones (excluding diaryl/α,β-unsaturated/α-hetero) is 1. The Labute approximate surface area is 188 Å². The molecule has 0 aliphatic heterocycles. The van der Waals surface area contributed by atoms with E-state index in [2.05, 4.69) is 0 Å². The molecule has 1 rings (SSSR count). The molecule has 0 atom stereocenters. The zero-order chi connectivity index (χ0) is 28.9. The second kappa shape index (κ2) is 8.97. The number of carbonyl (C=O) groups is 2. The number of hydrogen-bond acceptors (Lipinski definition) is 2. The number of alkyl halides is 16. The Kier molecular flexibility index (Phi) is 7.79. The van der Waals surface area contributed by atoms with Gasteiger partial charge in [0.25, 0.3) is 0 Å². The monoisotopic (exact) mass is 563 g/mol. The Bertz CT molecular complexity index is 987. The maximum Gasteiger partial charge on any atom is 0.393 e. The SMILES string of the molecule is CC(=O)c1ccc(NC(=O)C(F)(F)C(F)(F)C(F)(F)C(F)(F)C(F)(F)C(F)(F)C(F)(F)C(F)F)cc1. The lowest BCUT2D eigenvalue weighted by atomic mass is 9.89. The van der Waals surface area contributed by atoms with Crippen molar-refractivity contribution >= 4 is 17.4 Å². The number of halogens is 16. The maximum atomic E-state index is 13.8. The lowest BCUT2D eigenvalue weighted by Gasteiger charge is -2.42. The van der Waals surface area contributed by atoms with Crippen LogP contribution in [0.2, 0.25) is 0 Å². The topological polar surface area (TPSA) is 46.2 Å². The molecule has 0 saturated carbocycles. The van der Waals surface area contributed by atoms with Gasteiger partial charge in [-0.1, -0.05) is 0 Å². The average Bonchev–Trinajstić information content (AvgIpc) is 2.72. The van der Waals surface area contributed by atoms with Gasteiger partial charge in [-0.25, -0.2) is 8.78 Å². The van der Waals surface area contributed by atoms with Crippen molar-refractivity contribution in [2.45, 2.75) is 54.8 Å². The Morgan fingerprint density at radius 1 is 0.639 bits per heavy atom. The molecule has 0 aliphatic rings. The highest BCUT2D eigenvalue weighted by Crippen LogP contribution is 2.62. The largest absolute Gasteiger partial charge is 0.393 e. The fourth-order valence-electron chi connectivity index (χ4n) is 2.28. The van der Waals surface area contributed by atoms with Crippen LogP contribution in [-0.2, 0) is 4.79 Å². The Morgan fingerprint density at radius 3 is 1.36 bits per heavy atom. The molecule has 3 nitrogen and oxygen atoms in total. The molecule has 0 radical (unpaired) electrons. The van der Waals surface area contributed by atoms with Gasteiger partial charge in [0, 0.05) is 11.3 Å². The summed E-state index contributed by atoms with van der Waals surface area (Å²) < 4.78 is 212. The molecule has 0 aromatic heterocycles. The van der Waals surface area contributed by atoms with Crippen LogP contribution in [0.3, 0.4) is 0 Å². The summed E-state index contributed by atoms with van der Waals surface area (Å²) in [6.45, 7) is 0.973. The number of amides is 1. The van der Waals surface area contributed by atoms with E-state index < -0.39 is 65.3 Å². The van der Waals surface area contributed by atoms with E-state index in [0.29, 0.717) is 12.1 Å². The van der Waals surface area contributed by atoms with Crippen LogP contribution in [0.25, 0.3) is 0 Å². The van der Waals surface area contributed by atoms with E-state index in [4.69, 9.17) is 0 Å². The van der Waals surface area contributed by atoms with E-state index in [1.807, 2.05) is 0 Å². The first-order valence-corrected chi connectivity index (χ1v) is 8.60. The minimum atomic E-state index is -8.59. The van der Waals surface area contributed by atoms with Gasteiger partial charge in [0.05, 0.1) is 0 Å². The van der Waals surface area contributed by atoms with Gasteiger partial charge in [-0.3, -0.25) is 9.59 Å². The van der Waals surface area contributed by atoms with E-state index in [0.717, 1.165) is 24.4 Å². The third kappa shape index (κ3) is 4.33. The molecule has 0 fully saturated rings. The molecule has 36 heavy (non-hydrogen) atoms. The summed E-state index contributed by atoms with van der Waals surface area (Å²) in [5, 5.41) is 0.773. The highest BCUT2D eigenvalue weighted by molar-refractivity contribution is 5.98. The summed E-state index contributed by atoms with van der Waals surface area (Å²) in [5.41, 5.74) is -1.16. The van der Waals surface area contributed by atoms with Crippen LogP contribution in [0.5, 0.6) is 0 Å². The first kappa shape index (κ1) is 31.3. The number of hydrogen-bond donors (Lipinski definition) is 1. The van der Waals surface area contributed by atoms with Gasteiger partial charge in [-0.15, -0.1) is 0 Å². The fraction of sp³-hybridized carbons (Fsp3) is 0.529. The zero-order valence-electron chi connectivity index (χ0n) is 16.8. The molecule has 0 saturated heterocycles. The highest BCUT2D eigenvalue weighted by Gasteiger charge is 2.94. The normalized spacial score (nSPS) is 14.7. The number of nitrogens with one attached hydrogen (secondary N) is 1. The van der Waals surface area contributed by atoms with E-state index in [-0.39, 0.29) is 5.56 Å². The molecule has 0 spiro atoms. The van der Waals surface area contributed by atoms with Gasteiger partial charge in [0.1, 0.15) is 0 Å². The fourth-order valence-corrected chi connectivity index (χ4v) is 2.28. The molecule has 0 unspecified atom stereocenters. The minimum Gasteiger partial charge on any atom is -0.321 e. The number of ketones is 1. The predicted octanol–water partition coefficient (Wildman–Crippen LogP) is 6.54. The second-order valence-corrected chi connectivity index (χ2v) is 6.96. The highest BCUT2D eigenvalue weighted by atomic mass is 19.4. The molecule has 19 heteroatoms. The predicted molar refractivity (Wildman–Crippen MR) is 85.7 cm³/mol. The third-order valence-electron chi connectivity index (χ3n) is 4.50. The standard InChI is InChI=1S/C17H9F16NO2/c1-6(35)7-2-4-8(5-3-7)34-10(36)12(22,23)14(26,27)16(30,31)17(32,33)15(28,29)13(24,25)11(20,21)9(18)19/h2-5,9H,1H3,(H,34,36). The van der Waals surface area contributed by atoms with Crippen LogP contribution in [0.4, 0.5) is 75.9 Å². The zero-order valence-corrected chi connectivity index (χ0v) is 16.8. The lowest BCUT2D eigenvalue weighted by molar-refractivity contribution is -0.443.